The van der Waals surface area contributed by atoms with Gasteiger partial charge in [0, 0.05) is 19.0 Å². The number of hydrogen-bond donors (Lipinski definition) is 1. The van der Waals surface area contributed by atoms with Crippen LogP contribution in [0.3, 0.4) is 0 Å². The summed E-state index contributed by atoms with van der Waals surface area (Å²) in [7, 11) is 0. The van der Waals surface area contributed by atoms with Gasteiger partial charge >= 0.3 is 0 Å². The largest absolute Gasteiger partial charge is 0.508 e. The third-order valence-corrected chi connectivity index (χ3v) is 5.34. The third kappa shape index (κ3) is 3.39. The molecule has 116 valence electrons. The Morgan fingerprint density at radius 2 is 2.09 bits per heavy atom. The van der Waals surface area contributed by atoms with E-state index >= 15 is 0 Å². The van der Waals surface area contributed by atoms with E-state index in [-0.39, 0.29) is 5.92 Å². The van der Waals surface area contributed by atoms with Crippen molar-refractivity contribution in [3.63, 3.8) is 0 Å². The van der Waals surface area contributed by atoms with Gasteiger partial charge in [-0.1, -0.05) is 12.1 Å². The maximum Gasteiger partial charge on any atom is 0.177 e. The number of phenols is 1. The molecule has 22 heavy (non-hydrogen) atoms. The second kappa shape index (κ2) is 6.63. The van der Waals surface area contributed by atoms with Crippen LogP contribution in [-0.2, 0) is 6.54 Å². The normalized spacial score (nSPS) is 19.2. The molecule has 2 aromatic rings. The van der Waals surface area contributed by atoms with Gasteiger partial charge in [0.05, 0.1) is 4.88 Å². The molecule has 1 N–H and O–H groups in total. The van der Waals surface area contributed by atoms with Gasteiger partial charge in [0.15, 0.2) is 5.78 Å². The molecule has 0 amide bonds. The molecule has 0 bridgehead atoms. The monoisotopic (exact) mass is 315 g/mol. The fraction of sp³-hybridized carbons (Fsp3) is 0.389. The van der Waals surface area contributed by atoms with E-state index < -0.39 is 0 Å². The zero-order valence-electron chi connectivity index (χ0n) is 12.8. The van der Waals surface area contributed by atoms with Crippen molar-refractivity contribution in [3.8, 4) is 5.75 Å². The van der Waals surface area contributed by atoms with Crippen molar-refractivity contribution in [3.05, 3.63) is 51.7 Å². The lowest BCUT2D eigenvalue weighted by atomic mass is 9.92. The van der Waals surface area contributed by atoms with Gasteiger partial charge in [0.2, 0.25) is 0 Å². The van der Waals surface area contributed by atoms with E-state index in [1.165, 1.54) is 5.56 Å². The smallest absolute Gasteiger partial charge is 0.177 e. The number of phenolic OH excluding ortho intramolecular Hbond substituents is 1. The first kappa shape index (κ1) is 15.3. The van der Waals surface area contributed by atoms with E-state index in [0.29, 0.717) is 11.5 Å². The lowest BCUT2D eigenvalue weighted by Gasteiger charge is -2.32. The van der Waals surface area contributed by atoms with Crippen LogP contribution in [0.15, 0.2) is 35.7 Å². The van der Waals surface area contributed by atoms with Gasteiger partial charge in [-0.2, -0.15) is 0 Å². The minimum atomic E-state index is 0.114. The van der Waals surface area contributed by atoms with Crippen molar-refractivity contribution >= 4 is 17.1 Å². The summed E-state index contributed by atoms with van der Waals surface area (Å²) in [5.74, 6) is 0.717. The van der Waals surface area contributed by atoms with E-state index in [0.717, 1.165) is 42.9 Å². The van der Waals surface area contributed by atoms with E-state index in [9.17, 15) is 9.90 Å². The predicted octanol–water partition coefficient (Wildman–Crippen LogP) is 3.86. The summed E-state index contributed by atoms with van der Waals surface area (Å²) in [6.45, 7) is 4.72. The summed E-state index contributed by atoms with van der Waals surface area (Å²) in [5, 5.41) is 11.4. The molecule has 1 fully saturated rings. The average Bonchev–Trinajstić information content (AvgIpc) is 2.95. The molecule has 0 spiro atoms. The maximum atomic E-state index is 12.7. The molecule has 2 heterocycles. The first-order valence-corrected chi connectivity index (χ1v) is 8.60. The summed E-state index contributed by atoms with van der Waals surface area (Å²) < 4.78 is 0. The van der Waals surface area contributed by atoms with E-state index in [2.05, 4.69) is 4.90 Å². The summed E-state index contributed by atoms with van der Waals surface area (Å²) in [5.41, 5.74) is 2.28. The molecule has 1 atom stereocenters. The Balaban J connectivity index is 1.65. The van der Waals surface area contributed by atoms with Crippen molar-refractivity contribution in [1.29, 1.82) is 0 Å². The number of Topliss-reactive ketones (excluding diaryl/α,β-unsaturated/α-hetero) is 1. The SMILES string of the molecule is Cc1ccsc1C(=O)[C@@H]1CCCN(Cc2ccc(O)cc2)C1. The van der Waals surface area contributed by atoms with Crippen LogP contribution in [0.4, 0.5) is 0 Å². The number of aryl methyl sites for hydroxylation is 1. The summed E-state index contributed by atoms with van der Waals surface area (Å²) in [6.07, 6.45) is 2.06. The molecule has 1 aliphatic rings. The molecule has 0 unspecified atom stereocenters. The fourth-order valence-electron chi connectivity index (χ4n) is 3.08. The average molecular weight is 315 g/mol. The van der Waals surface area contributed by atoms with Crippen LogP contribution in [0.25, 0.3) is 0 Å². The summed E-state index contributed by atoms with van der Waals surface area (Å²) in [4.78, 5) is 16.0. The number of likely N-dealkylation sites (tertiary alicyclic amines) is 1. The van der Waals surface area contributed by atoms with Gasteiger partial charge < -0.3 is 5.11 Å². The van der Waals surface area contributed by atoms with Crippen LogP contribution in [0, 0.1) is 12.8 Å². The number of carbonyl (C=O) groups excluding carboxylic acids is 1. The molecule has 1 aromatic carbocycles. The minimum Gasteiger partial charge on any atom is -0.508 e. The number of hydrogen-bond acceptors (Lipinski definition) is 4. The predicted molar refractivity (Wildman–Crippen MR) is 89.5 cm³/mol. The Kier molecular flexibility index (Phi) is 4.60. The highest BCUT2D eigenvalue weighted by Gasteiger charge is 2.27. The standard InChI is InChI=1S/C18H21NO2S/c1-13-8-10-22-18(13)17(21)15-3-2-9-19(12-15)11-14-4-6-16(20)7-5-14/h4-8,10,15,20H,2-3,9,11-12H2,1H3/t15-/m1/s1. The zero-order chi connectivity index (χ0) is 15.5. The highest BCUT2D eigenvalue weighted by Crippen LogP contribution is 2.26. The second-order valence-electron chi connectivity index (χ2n) is 6.04. The van der Waals surface area contributed by atoms with Gasteiger partial charge in [-0.3, -0.25) is 9.69 Å². The molecule has 0 radical (unpaired) electrons. The highest BCUT2D eigenvalue weighted by atomic mass is 32.1. The molecule has 4 heteroatoms. The number of nitrogens with zero attached hydrogens (tertiary/aromatic N) is 1. The van der Waals surface area contributed by atoms with E-state index in [4.69, 9.17) is 0 Å². The van der Waals surface area contributed by atoms with E-state index in [1.807, 2.05) is 30.5 Å². The molecule has 3 rings (SSSR count). The third-order valence-electron chi connectivity index (χ3n) is 4.30. The molecule has 0 aliphatic carbocycles. The van der Waals surface area contributed by atoms with Crippen LogP contribution in [-0.4, -0.2) is 28.9 Å². The topological polar surface area (TPSA) is 40.5 Å². The van der Waals surface area contributed by atoms with Crippen LogP contribution in [0.2, 0.25) is 0 Å². The molecule has 3 nitrogen and oxygen atoms in total. The number of carbonyl (C=O) groups is 1. The van der Waals surface area contributed by atoms with Crippen molar-refractivity contribution in [2.75, 3.05) is 13.1 Å². The van der Waals surface area contributed by atoms with Gasteiger partial charge in [0.1, 0.15) is 5.75 Å². The van der Waals surface area contributed by atoms with E-state index in [1.54, 1.807) is 23.5 Å². The maximum absolute atomic E-state index is 12.7. The van der Waals surface area contributed by atoms with Gasteiger partial charge in [-0.15, -0.1) is 11.3 Å². The number of thiophene rings is 1. The lowest BCUT2D eigenvalue weighted by Crippen LogP contribution is -2.38. The fourth-order valence-corrected chi connectivity index (χ4v) is 4.03. The molecule has 1 aliphatic heterocycles. The molecular weight excluding hydrogens is 294 g/mol. The van der Waals surface area contributed by atoms with Crippen LogP contribution in [0.5, 0.6) is 5.75 Å². The first-order chi connectivity index (χ1) is 10.6. The first-order valence-electron chi connectivity index (χ1n) is 7.72. The number of rotatable bonds is 4. The summed E-state index contributed by atoms with van der Waals surface area (Å²) in [6, 6.07) is 9.36. The number of ketones is 1. The molecular formula is C18H21NO2S. The lowest BCUT2D eigenvalue weighted by molar-refractivity contribution is 0.0815. The molecule has 1 saturated heterocycles. The Morgan fingerprint density at radius 3 is 2.77 bits per heavy atom. The van der Waals surface area contributed by atoms with Crippen LogP contribution < -0.4 is 0 Å². The number of aromatic hydroxyl groups is 1. The second-order valence-corrected chi connectivity index (χ2v) is 6.95. The Labute approximate surface area is 135 Å². The minimum absolute atomic E-state index is 0.114. The van der Waals surface area contributed by atoms with Gasteiger partial charge in [-0.05, 0) is 61.0 Å². The van der Waals surface area contributed by atoms with Crippen molar-refractivity contribution in [2.45, 2.75) is 26.3 Å². The molecule has 0 saturated carbocycles. The van der Waals surface area contributed by atoms with Crippen LogP contribution >= 0.6 is 11.3 Å². The highest BCUT2D eigenvalue weighted by molar-refractivity contribution is 7.12. The quantitative estimate of drug-likeness (QED) is 0.871. The van der Waals surface area contributed by atoms with Crippen molar-refractivity contribution < 1.29 is 9.90 Å². The molecule has 1 aromatic heterocycles. The number of benzene rings is 1. The summed E-state index contributed by atoms with van der Waals surface area (Å²) >= 11 is 1.56. The zero-order valence-corrected chi connectivity index (χ0v) is 13.6. The number of piperidine rings is 1. The Hall–Kier alpha value is -1.65. The van der Waals surface area contributed by atoms with Crippen molar-refractivity contribution in [1.82, 2.24) is 4.90 Å². The van der Waals surface area contributed by atoms with Crippen molar-refractivity contribution in [2.24, 2.45) is 5.92 Å². The van der Waals surface area contributed by atoms with Crippen LogP contribution in [0.1, 0.15) is 33.6 Å². The van der Waals surface area contributed by atoms with Gasteiger partial charge in [0.25, 0.3) is 0 Å². The van der Waals surface area contributed by atoms with Gasteiger partial charge in [-0.25, -0.2) is 0 Å². The Morgan fingerprint density at radius 1 is 1.32 bits per heavy atom. The Bertz CT molecular complexity index is 647.